The molecule has 2 atom stereocenters. The molecule has 3 aliphatic rings. The van der Waals surface area contributed by atoms with Gasteiger partial charge < -0.3 is 4.74 Å². The summed E-state index contributed by atoms with van der Waals surface area (Å²) in [5, 5.41) is -1.89. The smallest absolute Gasteiger partial charge is 0.310 e. The van der Waals surface area contributed by atoms with Crippen LogP contribution < -0.4 is 0 Å². The summed E-state index contributed by atoms with van der Waals surface area (Å²) in [4.78, 5) is 60.4. The Balaban J connectivity index is 1.52. The summed E-state index contributed by atoms with van der Waals surface area (Å²) in [6, 6.07) is 0. The Bertz CT molecular complexity index is 849. The number of carbonyl (C=O) groups is 5. The van der Waals surface area contributed by atoms with Crippen molar-refractivity contribution in [2.75, 3.05) is 6.54 Å². The Morgan fingerprint density at radius 1 is 1.07 bits per heavy atom. The fourth-order valence-electron chi connectivity index (χ4n) is 3.76. The lowest BCUT2D eigenvalue weighted by Gasteiger charge is -2.29. The van der Waals surface area contributed by atoms with Crippen molar-refractivity contribution in [3.63, 3.8) is 0 Å². The second-order valence-electron chi connectivity index (χ2n) is 7.23. The number of ether oxygens (including phenoxy) is 1. The molecule has 1 N–H and O–H groups in total. The molecule has 28 heavy (non-hydrogen) atoms. The molecular formula is C17H19NO9S. The highest BCUT2D eigenvalue weighted by Gasteiger charge is 2.50. The Labute approximate surface area is 160 Å². The van der Waals surface area contributed by atoms with Gasteiger partial charge in [0.25, 0.3) is 21.9 Å². The summed E-state index contributed by atoms with van der Waals surface area (Å²) in [7, 11) is -4.73. The van der Waals surface area contributed by atoms with E-state index in [0.29, 0.717) is 25.7 Å². The number of carbonyl (C=O) groups excluding carboxylic acids is 5. The molecule has 0 bridgehead atoms. The topological polar surface area (TPSA) is 152 Å². The van der Waals surface area contributed by atoms with Gasteiger partial charge in [-0.25, -0.2) is 0 Å². The normalized spacial score (nSPS) is 31.0. The van der Waals surface area contributed by atoms with Crippen LogP contribution in [0.15, 0.2) is 12.2 Å². The molecule has 0 spiro atoms. The summed E-state index contributed by atoms with van der Waals surface area (Å²) in [5.41, 5.74) is 0. The van der Waals surface area contributed by atoms with Crippen LogP contribution in [0.3, 0.4) is 0 Å². The van der Waals surface area contributed by atoms with Crippen LogP contribution in [-0.2, 0) is 38.8 Å². The molecular weight excluding hydrogens is 394 g/mol. The van der Waals surface area contributed by atoms with E-state index in [1.54, 1.807) is 0 Å². The van der Waals surface area contributed by atoms with Gasteiger partial charge in [0, 0.05) is 25.1 Å². The van der Waals surface area contributed by atoms with Gasteiger partial charge in [-0.1, -0.05) is 0 Å². The number of hydrogen-bond acceptors (Lipinski definition) is 8. The molecule has 0 saturated heterocycles. The average Bonchev–Trinajstić information content (AvgIpc) is 3.09. The lowest BCUT2D eigenvalue weighted by atomic mass is 9.81. The lowest BCUT2D eigenvalue weighted by Crippen LogP contribution is -2.38. The highest BCUT2D eigenvalue weighted by molar-refractivity contribution is 7.87. The molecule has 2 aliphatic carbocycles. The molecule has 2 unspecified atom stereocenters. The number of esters is 1. The first kappa shape index (κ1) is 20.3. The fourth-order valence-corrected chi connectivity index (χ4v) is 4.55. The Morgan fingerprint density at radius 2 is 1.64 bits per heavy atom. The summed E-state index contributed by atoms with van der Waals surface area (Å²) in [6.07, 6.45) is 1.79. The largest absolute Gasteiger partial charge is 0.446 e. The molecule has 1 aliphatic heterocycles. The van der Waals surface area contributed by atoms with E-state index in [-0.39, 0.29) is 24.3 Å². The molecule has 2 amide bonds. The first-order chi connectivity index (χ1) is 13.1. The van der Waals surface area contributed by atoms with E-state index >= 15 is 0 Å². The maximum Gasteiger partial charge on any atom is 0.310 e. The van der Waals surface area contributed by atoms with E-state index in [1.165, 1.54) is 12.2 Å². The van der Waals surface area contributed by atoms with Crippen LogP contribution in [0, 0.1) is 11.8 Å². The zero-order valence-corrected chi connectivity index (χ0v) is 15.6. The second kappa shape index (κ2) is 7.55. The number of amides is 2. The minimum atomic E-state index is -4.73. The molecule has 2 saturated carbocycles. The van der Waals surface area contributed by atoms with Crippen LogP contribution in [-0.4, -0.2) is 65.1 Å². The van der Waals surface area contributed by atoms with Crippen LogP contribution in [0.4, 0.5) is 0 Å². The number of Topliss-reactive ketones (excluding diaryl/α,β-unsaturated/α-hetero) is 2. The van der Waals surface area contributed by atoms with E-state index in [1.807, 2.05) is 0 Å². The van der Waals surface area contributed by atoms with Crippen LogP contribution in [0.1, 0.15) is 32.1 Å². The second-order valence-corrected chi connectivity index (χ2v) is 8.83. The van der Waals surface area contributed by atoms with E-state index in [0.717, 1.165) is 4.90 Å². The summed E-state index contributed by atoms with van der Waals surface area (Å²) < 4.78 is 36.2. The average molecular weight is 413 g/mol. The maximum absolute atomic E-state index is 12.3. The van der Waals surface area contributed by atoms with E-state index in [9.17, 15) is 32.4 Å². The van der Waals surface area contributed by atoms with Crippen molar-refractivity contribution >= 4 is 39.5 Å². The zero-order chi connectivity index (χ0) is 20.6. The zero-order valence-electron chi connectivity index (χ0n) is 14.8. The minimum Gasteiger partial charge on any atom is -0.446 e. The van der Waals surface area contributed by atoms with E-state index < -0.39 is 51.3 Å². The van der Waals surface area contributed by atoms with Gasteiger partial charge in [0.05, 0.1) is 5.92 Å². The van der Waals surface area contributed by atoms with Gasteiger partial charge in [-0.05, 0) is 31.6 Å². The van der Waals surface area contributed by atoms with Crippen molar-refractivity contribution in [2.45, 2.75) is 43.5 Å². The predicted molar refractivity (Wildman–Crippen MR) is 91.2 cm³/mol. The third-order valence-electron chi connectivity index (χ3n) is 5.37. The van der Waals surface area contributed by atoms with Crippen molar-refractivity contribution in [3.05, 3.63) is 12.2 Å². The van der Waals surface area contributed by atoms with Crippen molar-refractivity contribution in [2.24, 2.45) is 11.8 Å². The molecule has 2 fully saturated rings. The molecule has 0 radical (unpaired) electrons. The van der Waals surface area contributed by atoms with Gasteiger partial charge in [-0.2, -0.15) is 8.42 Å². The monoisotopic (exact) mass is 413 g/mol. The van der Waals surface area contributed by atoms with Gasteiger partial charge in [-0.3, -0.25) is 33.4 Å². The minimum absolute atomic E-state index is 0.0375. The summed E-state index contributed by atoms with van der Waals surface area (Å²) >= 11 is 0. The van der Waals surface area contributed by atoms with Gasteiger partial charge >= 0.3 is 5.97 Å². The van der Waals surface area contributed by atoms with Gasteiger partial charge in [-0.15, -0.1) is 0 Å². The summed E-state index contributed by atoms with van der Waals surface area (Å²) in [6.45, 7) is 0.266. The third kappa shape index (κ3) is 4.04. The molecule has 10 nitrogen and oxygen atoms in total. The molecule has 11 heteroatoms. The van der Waals surface area contributed by atoms with E-state index in [2.05, 4.69) is 0 Å². The number of ketones is 2. The van der Waals surface area contributed by atoms with Crippen molar-refractivity contribution in [1.82, 2.24) is 4.90 Å². The highest BCUT2D eigenvalue weighted by atomic mass is 32.2. The van der Waals surface area contributed by atoms with Crippen molar-refractivity contribution in [3.8, 4) is 0 Å². The SMILES string of the molecule is O=C(OC1C(=O)CC(S(=O)(=O)O)C1=O)C1CCC(CN2C(=O)C=CC2=O)CC1. The Morgan fingerprint density at radius 3 is 2.14 bits per heavy atom. The Hall–Kier alpha value is -2.40. The standard InChI is InChI=1S/C17H19NO9S/c19-11-7-12(28(24,25)26)15(22)16(11)27-17(23)10-3-1-9(2-4-10)8-18-13(20)5-6-14(18)21/h5-6,9-10,12,16H,1-4,7-8H2,(H,24,25,26). The van der Waals surface area contributed by atoms with Gasteiger partial charge in [0.1, 0.15) is 0 Å². The third-order valence-corrected chi connectivity index (χ3v) is 6.49. The molecule has 152 valence electrons. The van der Waals surface area contributed by atoms with Crippen LogP contribution in [0.2, 0.25) is 0 Å². The lowest BCUT2D eigenvalue weighted by molar-refractivity contribution is -0.162. The number of imide groups is 1. The predicted octanol–water partition coefficient (Wildman–Crippen LogP) is -0.572. The fraction of sp³-hybridized carbons (Fsp3) is 0.588. The number of hydrogen-bond donors (Lipinski definition) is 1. The van der Waals surface area contributed by atoms with Crippen LogP contribution in [0.5, 0.6) is 0 Å². The highest BCUT2D eigenvalue weighted by Crippen LogP contribution is 2.32. The molecule has 0 aromatic carbocycles. The molecule has 0 aromatic rings. The molecule has 1 heterocycles. The quantitative estimate of drug-likeness (QED) is 0.270. The van der Waals surface area contributed by atoms with Gasteiger partial charge in [0.2, 0.25) is 11.9 Å². The van der Waals surface area contributed by atoms with Crippen molar-refractivity contribution in [1.29, 1.82) is 0 Å². The summed E-state index contributed by atoms with van der Waals surface area (Å²) in [5.74, 6) is -4.01. The van der Waals surface area contributed by atoms with Crippen LogP contribution in [0.25, 0.3) is 0 Å². The maximum atomic E-state index is 12.3. The molecule has 0 aromatic heterocycles. The number of nitrogens with zero attached hydrogens (tertiary/aromatic N) is 1. The molecule has 3 rings (SSSR count). The first-order valence-corrected chi connectivity index (χ1v) is 10.3. The number of rotatable bonds is 5. The Kier molecular flexibility index (Phi) is 5.48. The van der Waals surface area contributed by atoms with Crippen LogP contribution >= 0.6 is 0 Å². The first-order valence-electron chi connectivity index (χ1n) is 8.84. The van der Waals surface area contributed by atoms with Gasteiger partial charge in [0.15, 0.2) is 11.0 Å². The van der Waals surface area contributed by atoms with E-state index in [4.69, 9.17) is 9.29 Å². The van der Waals surface area contributed by atoms with Crippen molar-refractivity contribution < 1.29 is 41.7 Å².